The molecule has 0 amide bonds. The summed E-state index contributed by atoms with van der Waals surface area (Å²) in [4.78, 5) is 4.07. The van der Waals surface area contributed by atoms with Crippen molar-refractivity contribution in [3.63, 3.8) is 0 Å². The second-order valence-electron chi connectivity index (χ2n) is 5.19. The number of rotatable bonds is 4. The van der Waals surface area contributed by atoms with Crippen molar-refractivity contribution >= 4 is 0 Å². The third-order valence-electron chi connectivity index (χ3n) is 3.74. The van der Waals surface area contributed by atoms with E-state index in [0.29, 0.717) is 18.8 Å². The number of pyridine rings is 1. The molecule has 1 heterocycles. The highest BCUT2D eigenvalue weighted by Gasteiger charge is 2.41. The van der Waals surface area contributed by atoms with Gasteiger partial charge in [0.1, 0.15) is 0 Å². The maximum Gasteiger partial charge on any atom is 0.391 e. The molecule has 0 aliphatic heterocycles. The first-order valence-corrected chi connectivity index (χ1v) is 6.78. The Morgan fingerprint density at radius 1 is 1.35 bits per heavy atom. The Hall–Kier alpha value is -1.30. The first-order chi connectivity index (χ1) is 9.49. The minimum absolute atomic E-state index is 0.0718. The SMILES string of the molecule is COc1ccc(CNC2CCCC(C(F)(F)F)C2)cn1. The Balaban J connectivity index is 1.83. The monoisotopic (exact) mass is 288 g/mol. The molecule has 6 heteroatoms. The van der Waals surface area contributed by atoms with Crippen LogP contribution >= 0.6 is 0 Å². The van der Waals surface area contributed by atoms with E-state index >= 15 is 0 Å². The lowest BCUT2D eigenvalue weighted by molar-refractivity contribution is -0.183. The third kappa shape index (κ3) is 4.10. The lowest BCUT2D eigenvalue weighted by atomic mass is 9.85. The number of methoxy groups -OCH3 is 1. The molecule has 0 radical (unpaired) electrons. The Morgan fingerprint density at radius 3 is 2.75 bits per heavy atom. The molecule has 2 atom stereocenters. The molecule has 0 spiro atoms. The van der Waals surface area contributed by atoms with E-state index in [1.165, 1.54) is 0 Å². The summed E-state index contributed by atoms with van der Waals surface area (Å²) in [6.45, 7) is 0.534. The Labute approximate surface area is 116 Å². The maximum atomic E-state index is 12.7. The molecule has 1 saturated carbocycles. The second-order valence-corrected chi connectivity index (χ2v) is 5.19. The molecule has 2 rings (SSSR count). The number of hydrogen-bond acceptors (Lipinski definition) is 3. The standard InChI is InChI=1S/C14H19F3N2O/c1-20-13-6-5-10(9-19-13)8-18-12-4-2-3-11(7-12)14(15,16)17/h5-6,9,11-12,18H,2-4,7-8H2,1H3. The van der Waals surface area contributed by atoms with E-state index in [2.05, 4.69) is 10.3 Å². The molecular formula is C14H19F3N2O. The van der Waals surface area contributed by atoms with E-state index in [4.69, 9.17) is 4.74 Å². The van der Waals surface area contributed by atoms with Crippen LogP contribution in [0, 0.1) is 5.92 Å². The smallest absolute Gasteiger partial charge is 0.391 e. The van der Waals surface area contributed by atoms with Crippen molar-refractivity contribution in [2.75, 3.05) is 7.11 Å². The van der Waals surface area contributed by atoms with Crippen molar-refractivity contribution < 1.29 is 17.9 Å². The van der Waals surface area contributed by atoms with Gasteiger partial charge < -0.3 is 10.1 Å². The number of hydrogen-bond donors (Lipinski definition) is 1. The lowest BCUT2D eigenvalue weighted by Gasteiger charge is -2.31. The molecule has 1 aromatic rings. The van der Waals surface area contributed by atoms with Crippen molar-refractivity contribution in [1.82, 2.24) is 10.3 Å². The second kappa shape index (κ2) is 6.43. The number of aromatic nitrogens is 1. The van der Waals surface area contributed by atoms with Gasteiger partial charge >= 0.3 is 6.18 Å². The molecule has 1 aliphatic rings. The average Bonchev–Trinajstić information content (AvgIpc) is 2.45. The van der Waals surface area contributed by atoms with Gasteiger partial charge in [-0.05, 0) is 24.8 Å². The molecule has 1 aliphatic carbocycles. The van der Waals surface area contributed by atoms with Crippen LogP contribution in [0.15, 0.2) is 18.3 Å². The fourth-order valence-electron chi connectivity index (χ4n) is 2.57. The van der Waals surface area contributed by atoms with Gasteiger partial charge in [0, 0.05) is 24.8 Å². The molecule has 3 nitrogen and oxygen atoms in total. The first kappa shape index (κ1) is 15.1. The minimum Gasteiger partial charge on any atom is -0.481 e. The largest absolute Gasteiger partial charge is 0.481 e. The molecular weight excluding hydrogens is 269 g/mol. The van der Waals surface area contributed by atoms with Crippen molar-refractivity contribution in [1.29, 1.82) is 0 Å². The zero-order chi connectivity index (χ0) is 14.6. The first-order valence-electron chi connectivity index (χ1n) is 6.78. The van der Waals surface area contributed by atoms with E-state index in [1.54, 1.807) is 19.4 Å². The number of alkyl halides is 3. The van der Waals surface area contributed by atoms with Gasteiger partial charge in [-0.3, -0.25) is 0 Å². The minimum atomic E-state index is -4.07. The van der Waals surface area contributed by atoms with Crippen molar-refractivity contribution in [2.24, 2.45) is 5.92 Å². The third-order valence-corrected chi connectivity index (χ3v) is 3.74. The van der Waals surface area contributed by atoms with Gasteiger partial charge in [0.05, 0.1) is 13.0 Å². The van der Waals surface area contributed by atoms with Crippen LogP contribution in [0.1, 0.15) is 31.2 Å². The summed E-state index contributed by atoms with van der Waals surface area (Å²) in [5, 5.41) is 3.20. The maximum absolute atomic E-state index is 12.7. The fraction of sp³-hybridized carbons (Fsp3) is 0.643. The molecule has 2 unspecified atom stereocenters. The van der Waals surface area contributed by atoms with Gasteiger partial charge in [-0.25, -0.2) is 4.98 Å². The van der Waals surface area contributed by atoms with Gasteiger partial charge in [-0.1, -0.05) is 12.5 Å². The molecule has 1 N–H and O–H groups in total. The molecule has 0 bridgehead atoms. The summed E-state index contributed by atoms with van der Waals surface area (Å²) in [6, 6.07) is 3.54. The molecule has 1 fully saturated rings. The van der Waals surface area contributed by atoms with Crippen LogP contribution in [0.2, 0.25) is 0 Å². The van der Waals surface area contributed by atoms with Gasteiger partial charge in [-0.15, -0.1) is 0 Å². The van der Waals surface area contributed by atoms with E-state index in [9.17, 15) is 13.2 Å². The highest BCUT2D eigenvalue weighted by molar-refractivity contribution is 5.17. The fourth-order valence-corrected chi connectivity index (χ4v) is 2.57. The Kier molecular flexibility index (Phi) is 4.86. The number of ether oxygens (including phenoxy) is 1. The summed E-state index contributed by atoms with van der Waals surface area (Å²) in [5.74, 6) is -0.633. The highest BCUT2D eigenvalue weighted by atomic mass is 19.4. The van der Waals surface area contributed by atoms with Crippen LogP contribution in [0.5, 0.6) is 5.88 Å². The quantitative estimate of drug-likeness (QED) is 0.923. The van der Waals surface area contributed by atoms with Crippen LogP contribution in [0.3, 0.4) is 0 Å². The molecule has 0 saturated heterocycles. The zero-order valence-electron chi connectivity index (χ0n) is 11.4. The van der Waals surface area contributed by atoms with Gasteiger partial charge in [0.25, 0.3) is 0 Å². The van der Waals surface area contributed by atoms with Crippen molar-refractivity contribution in [2.45, 2.75) is 44.4 Å². The number of halogens is 3. The average molecular weight is 288 g/mol. The van der Waals surface area contributed by atoms with Gasteiger partial charge in [0.15, 0.2) is 0 Å². The normalized spacial score (nSPS) is 23.6. The predicted octanol–water partition coefficient (Wildman–Crippen LogP) is 3.30. The van der Waals surface area contributed by atoms with Crippen molar-refractivity contribution in [3.8, 4) is 5.88 Å². The van der Waals surface area contributed by atoms with Crippen LogP contribution in [-0.2, 0) is 6.54 Å². The van der Waals surface area contributed by atoms with E-state index < -0.39 is 12.1 Å². The summed E-state index contributed by atoms with van der Waals surface area (Å²) in [7, 11) is 1.54. The Bertz CT molecular complexity index is 419. The van der Waals surface area contributed by atoms with Crippen LogP contribution in [0.4, 0.5) is 13.2 Å². The van der Waals surface area contributed by atoms with Gasteiger partial charge in [-0.2, -0.15) is 13.2 Å². The number of nitrogens with one attached hydrogen (secondary N) is 1. The summed E-state index contributed by atoms with van der Waals surface area (Å²) in [5.41, 5.74) is 0.944. The molecule has 20 heavy (non-hydrogen) atoms. The summed E-state index contributed by atoms with van der Waals surface area (Å²) >= 11 is 0. The van der Waals surface area contributed by atoms with Gasteiger partial charge in [0.2, 0.25) is 5.88 Å². The van der Waals surface area contributed by atoms with E-state index in [0.717, 1.165) is 12.0 Å². The van der Waals surface area contributed by atoms with Crippen LogP contribution < -0.4 is 10.1 Å². The lowest BCUT2D eigenvalue weighted by Crippen LogP contribution is -2.38. The molecule has 1 aromatic heterocycles. The summed E-state index contributed by atoms with van der Waals surface area (Å²) < 4.78 is 43.1. The van der Waals surface area contributed by atoms with E-state index in [1.807, 2.05) is 6.07 Å². The molecule has 0 aromatic carbocycles. The van der Waals surface area contributed by atoms with Crippen LogP contribution in [0.25, 0.3) is 0 Å². The van der Waals surface area contributed by atoms with Crippen molar-refractivity contribution in [3.05, 3.63) is 23.9 Å². The van der Waals surface area contributed by atoms with Crippen LogP contribution in [-0.4, -0.2) is 24.3 Å². The summed E-state index contributed by atoms with van der Waals surface area (Å²) in [6.07, 6.45) is -0.532. The predicted molar refractivity (Wildman–Crippen MR) is 69.4 cm³/mol. The number of nitrogens with zero attached hydrogens (tertiary/aromatic N) is 1. The van der Waals surface area contributed by atoms with E-state index in [-0.39, 0.29) is 18.9 Å². The Morgan fingerprint density at radius 2 is 2.15 bits per heavy atom. The molecule has 112 valence electrons. The zero-order valence-corrected chi connectivity index (χ0v) is 11.4. The highest BCUT2D eigenvalue weighted by Crippen LogP contribution is 2.37. The topological polar surface area (TPSA) is 34.1 Å².